The molecule has 0 heterocycles. The molecule has 0 radical (unpaired) electrons. The molecule has 0 aliphatic heterocycles. The van der Waals surface area contributed by atoms with E-state index >= 15 is 0 Å². The molecule has 0 fully saturated rings. The van der Waals surface area contributed by atoms with Gasteiger partial charge in [0.15, 0.2) is 0 Å². The Morgan fingerprint density at radius 1 is 0.826 bits per heavy atom. The van der Waals surface area contributed by atoms with Gasteiger partial charge < -0.3 is 5.11 Å². The van der Waals surface area contributed by atoms with Gasteiger partial charge >= 0.3 is 0 Å². The van der Waals surface area contributed by atoms with Gasteiger partial charge in [0.1, 0.15) is 22.0 Å². The molecular weight excluding hydrogens is 316 g/mol. The highest BCUT2D eigenvalue weighted by Gasteiger charge is 2.14. The van der Waals surface area contributed by atoms with Gasteiger partial charge in [0.05, 0.1) is 0 Å². The number of nitrogens with zero attached hydrogens (tertiary/aromatic N) is 2. The third kappa shape index (κ3) is 3.05. The predicted molar refractivity (Wildman–Crippen MR) is 86.0 cm³/mol. The van der Waals surface area contributed by atoms with Gasteiger partial charge in [0.25, 0.3) is 10.1 Å². The van der Waals surface area contributed by atoms with E-state index in [-0.39, 0.29) is 22.0 Å². The zero-order valence-electron chi connectivity index (χ0n) is 11.8. The summed E-state index contributed by atoms with van der Waals surface area (Å²) in [6.45, 7) is 0. The number of phenolic OH excluding ortho intramolecular Hbond substituents is 1. The first-order valence-electron chi connectivity index (χ1n) is 6.66. The molecule has 0 aromatic heterocycles. The van der Waals surface area contributed by atoms with Gasteiger partial charge in [0.2, 0.25) is 0 Å². The van der Waals surface area contributed by atoms with E-state index in [0.717, 1.165) is 5.39 Å². The molecule has 3 aromatic rings. The van der Waals surface area contributed by atoms with Crippen molar-refractivity contribution in [3.05, 3.63) is 60.7 Å². The number of hydrogen-bond acceptors (Lipinski definition) is 5. The Hall–Kier alpha value is -2.77. The van der Waals surface area contributed by atoms with Crippen LogP contribution in [0.4, 0.5) is 11.4 Å². The Morgan fingerprint density at radius 3 is 2.30 bits per heavy atom. The highest BCUT2D eigenvalue weighted by atomic mass is 32.2. The first kappa shape index (κ1) is 15.1. The Kier molecular flexibility index (Phi) is 3.81. The maximum absolute atomic E-state index is 11.3. The van der Waals surface area contributed by atoms with Crippen LogP contribution in [-0.4, -0.2) is 18.1 Å². The van der Waals surface area contributed by atoms with Crippen molar-refractivity contribution in [2.45, 2.75) is 4.90 Å². The number of rotatable bonds is 3. The molecule has 7 heteroatoms. The molecule has 0 saturated carbocycles. The van der Waals surface area contributed by atoms with E-state index in [2.05, 4.69) is 10.2 Å². The Morgan fingerprint density at radius 2 is 1.52 bits per heavy atom. The van der Waals surface area contributed by atoms with Crippen LogP contribution in [0.25, 0.3) is 10.8 Å². The molecule has 0 aliphatic carbocycles. The van der Waals surface area contributed by atoms with E-state index in [1.807, 2.05) is 12.1 Å². The summed E-state index contributed by atoms with van der Waals surface area (Å²) in [4.78, 5) is -0.344. The second-order valence-electron chi connectivity index (χ2n) is 4.80. The number of azo groups is 1. The zero-order chi connectivity index (χ0) is 16.4. The SMILES string of the molecule is O=S(=O)(O)c1ccccc1/N=N/c1c(O)ccc2ccccc12. The molecule has 6 nitrogen and oxygen atoms in total. The normalized spacial score (nSPS) is 12.0. The number of hydrogen-bond donors (Lipinski definition) is 2. The maximum atomic E-state index is 11.3. The maximum Gasteiger partial charge on any atom is 0.296 e. The molecule has 2 N–H and O–H groups in total. The number of aromatic hydroxyl groups is 1. The van der Waals surface area contributed by atoms with Crippen molar-refractivity contribution in [3.8, 4) is 5.75 Å². The zero-order valence-corrected chi connectivity index (χ0v) is 12.6. The fourth-order valence-corrected chi connectivity index (χ4v) is 2.83. The highest BCUT2D eigenvalue weighted by molar-refractivity contribution is 7.86. The summed E-state index contributed by atoms with van der Waals surface area (Å²) in [6.07, 6.45) is 0. The monoisotopic (exact) mass is 328 g/mol. The molecule has 0 bridgehead atoms. The van der Waals surface area contributed by atoms with Gasteiger partial charge in [0, 0.05) is 5.39 Å². The van der Waals surface area contributed by atoms with Crippen LogP contribution in [0.2, 0.25) is 0 Å². The van der Waals surface area contributed by atoms with Crippen LogP contribution < -0.4 is 0 Å². The van der Waals surface area contributed by atoms with Crippen molar-refractivity contribution in [1.29, 1.82) is 0 Å². The topological polar surface area (TPSA) is 99.3 Å². The third-order valence-electron chi connectivity index (χ3n) is 3.28. The van der Waals surface area contributed by atoms with E-state index in [9.17, 15) is 18.1 Å². The lowest BCUT2D eigenvalue weighted by Gasteiger charge is -2.04. The lowest BCUT2D eigenvalue weighted by Crippen LogP contribution is -1.97. The number of phenols is 1. The minimum absolute atomic E-state index is 0.0117. The van der Waals surface area contributed by atoms with Crippen LogP contribution >= 0.6 is 0 Å². The van der Waals surface area contributed by atoms with Crippen molar-refractivity contribution in [2.24, 2.45) is 10.2 Å². The van der Waals surface area contributed by atoms with Crippen LogP contribution in [0.15, 0.2) is 75.8 Å². The average molecular weight is 328 g/mol. The molecule has 0 saturated heterocycles. The number of benzene rings is 3. The molecule has 23 heavy (non-hydrogen) atoms. The quantitative estimate of drug-likeness (QED) is 0.555. The summed E-state index contributed by atoms with van der Waals surface area (Å²) in [5.74, 6) is -0.0724. The molecule has 0 unspecified atom stereocenters. The second kappa shape index (κ2) is 5.79. The summed E-state index contributed by atoms with van der Waals surface area (Å²) in [5.41, 5.74) is 0.218. The van der Waals surface area contributed by atoms with E-state index in [1.165, 1.54) is 24.3 Å². The van der Waals surface area contributed by atoms with Crippen molar-refractivity contribution >= 4 is 32.3 Å². The molecule has 3 rings (SSSR count). The smallest absolute Gasteiger partial charge is 0.296 e. The van der Waals surface area contributed by atoms with E-state index in [0.29, 0.717) is 5.39 Å². The minimum Gasteiger partial charge on any atom is -0.506 e. The molecule has 0 atom stereocenters. The van der Waals surface area contributed by atoms with Gasteiger partial charge in [-0.2, -0.15) is 8.42 Å². The van der Waals surface area contributed by atoms with Crippen molar-refractivity contribution in [1.82, 2.24) is 0 Å². The lowest BCUT2D eigenvalue weighted by molar-refractivity contribution is 0.477. The van der Waals surface area contributed by atoms with Crippen LogP contribution in [0.3, 0.4) is 0 Å². The third-order valence-corrected chi connectivity index (χ3v) is 4.18. The van der Waals surface area contributed by atoms with Crippen molar-refractivity contribution in [3.63, 3.8) is 0 Å². The van der Waals surface area contributed by atoms with E-state index in [4.69, 9.17) is 0 Å². The molecule has 0 amide bonds. The lowest BCUT2D eigenvalue weighted by atomic mass is 10.1. The van der Waals surface area contributed by atoms with Gasteiger partial charge in [-0.15, -0.1) is 10.2 Å². The Balaban J connectivity index is 2.14. The summed E-state index contributed by atoms with van der Waals surface area (Å²) >= 11 is 0. The highest BCUT2D eigenvalue weighted by Crippen LogP contribution is 2.36. The molecular formula is C16H12N2O4S. The van der Waals surface area contributed by atoms with Crippen LogP contribution in [0.1, 0.15) is 0 Å². The van der Waals surface area contributed by atoms with Gasteiger partial charge in [-0.25, -0.2) is 0 Å². The fraction of sp³-hybridized carbons (Fsp3) is 0. The molecule has 3 aromatic carbocycles. The molecule has 0 spiro atoms. The molecule has 116 valence electrons. The first-order chi connectivity index (χ1) is 11.0. The molecule has 0 aliphatic rings. The van der Waals surface area contributed by atoms with Crippen LogP contribution in [0, 0.1) is 0 Å². The van der Waals surface area contributed by atoms with Gasteiger partial charge in [-0.05, 0) is 23.6 Å². The summed E-state index contributed by atoms with van der Waals surface area (Å²) in [5, 5.41) is 19.4. The Bertz CT molecular complexity index is 1010. The first-order valence-corrected chi connectivity index (χ1v) is 8.10. The summed E-state index contributed by atoms with van der Waals surface area (Å²) in [7, 11) is -4.41. The number of fused-ring (bicyclic) bond motifs is 1. The largest absolute Gasteiger partial charge is 0.506 e. The van der Waals surface area contributed by atoms with Crippen molar-refractivity contribution < 1.29 is 18.1 Å². The van der Waals surface area contributed by atoms with Gasteiger partial charge in [-0.3, -0.25) is 4.55 Å². The summed E-state index contributed by atoms with van der Waals surface area (Å²) < 4.78 is 31.9. The van der Waals surface area contributed by atoms with E-state index in [1.54, 1.807) is 24.3 Å². The standard InChI is InChI=1S/C16H12N2O4S/c19-14-10-9-11-5-1-2-6-12(11)16(14)18-17-13-7-3-4-8-15(13)23(20,21)22/h1-10,19H,(H,20,21,22)/b18-17+. The van der Waals surface area contributed by atoms with Crippen LogP contribution in [0.5, 0.6) is 5.75 Å². The average Bonchev–Trinajstić information content (AvgIpc) is 2.53. The Labute approximate surface area is 132 Å². The second-order valence-corrected chi connectivity index (χ2v) is 6.19. The van der Waals surface area contributed by atoms with E-state index < -0.39 is 10.1 Å². The van der Waals surface area contributed by atoms with Crippen LogP contribution in [-0.2, 0) is 10.1 Å². The van der Waals surface area contributed by atoms with Crippen molar-refractivity contribution in [2.75, 3.05) is 0 Å². The fourth-order valence-electron chi connectivity index (χ4n) is 2.21. The van der Waals surface area contributed by atoms with Gasteiger partial charge in [-0.1, -0.05) is 42.5 Å². The minimum atomic E-state index is -4.41. The summed E-state index contributed by atoms with van der Waals surface area (Å²) in [6, 6.07) is 16.2. The predicted octanol–water partition coefficient (Wildman–Crippen LogP) is 4.21.